The van der Waals surface area contributed by atoms with Crippen LogP contribution in [-0.4, -0.2) is 6.61 Å². The summed E-state index contributed by atoms with van der Waals surface area (Å²) in [4.78, 5) is 2.74. The van der Waals surface area contributed by atoms with Crippen molar-refractivity contribution in [2.75, 3.05) is 6.61 Å². The van der Waals surface area contributed by atoms with E-state index in [0.717, 1.165) is 0 Å². The van der Waals surface area contributed by atoms with Crippen molar-refractivity contribution < 1.29 is 4.74 Å². The van der Waals surface area contributed by atoms with Crippen molar-refractivity contribution in [3.63, 3.8) is 0 Å². The van der Waals surface area contributed by atoms with Gasteiger partial charge in [0, 0.05) is 4.91 Å². The van der Waals surface area contributed by atoms with Gasteiger partial charge in [0.1, 0.15) is 5.75 Å². The molecule has 0 aromatic heterocycles. The molecule has 0 bridgehead atoms. The second kappa shape index (κ2) is 5.14. The smallest absolute Gasteiger partial charge is 0.128 e. The quantitative estimate of drug-likeness (QED) is 0.407. The molecule has 0 fully saturated rings. The fourth-order valence-corrected chi connectivity index (χ4v) is 0.966. The lowest BCUT2D eigenvalue weighted by molar-refractivity contribution is 0.272. The summed E-state index contributed by atoms with van der Waals surface area (Å²) in [5.41, 5.74) is 8.86. The lowest BCUT2D eigenvalue weighted by Gasteiger charge is -2.09. The third kappa shape index (κ3) is 2.99. The van der Waals surface area contributed by atoms with Gasteiger partial charge in [0.25, 0.3) is 0 Å². The Morgan fingerprint density at radius 3 is 2.79 bits per heavy atom. The van der Waals surface area contributed by atoms with Gasteiger partial charge in [-0.2, -0.15) is 0 Å². The van der Waals surface area contributed by atoms with Crippen molar-refractivity contribution >= 4 is 5.69 Å². The van der Waals surface area contributed by atoms with E-state index in [-0.39, 0.29) is 0 Å². The molecule has 0 radical (unpaired) electrons. The number of hydrogen-bond donors (Lipinski definition) is 0. The maximum Gasteiger partial charge on any atom is 0.128 e. The number of azide groups is 1. The molecule has 0 unspecified atom stereocenters. The molecule has 1 rings (SSSR count). The van der Waals surface area contributed by atoms with Gasteiger partial charge in [0.15, 0.2) is 0 Å². The molecule has 4 heteroatoms. The summed E-state index contributed by atoms with van der Waals surface area (Å²) in [7, 11) is 0. The molecule has 0 heterocycles. The van der Waals surface area contributed by atoms with Crippen LogP contribution in [0.2, 0.25) is 0 Å². The second-order valence-electron chi connectivity index (χ2n) is 3.36. The highest BCUT2D eigenvalue weighted by Gasteiger charge is 2.01. The molecule has 0 amide bonds. The van der Waals surface area contributed by atoms with Crippen LogP contribution in [0.15, 0.2) is 29.4 Å². The molecular weight excluding hydrogens is 178 g/mol. The Balaban J connectivity index is 2.79. The van der Waals surface area contributed by atoms with Crippen molar-refractivity contribution in [1.82, 2.24) is 0 Å². The molecule has 0 N–H and O–H groups in total. The normalized spacial score (nSPS) is 9.64. The lowest BCUT2D eigenvalue weighted by Crippen LogP contribution is -2.04. The molecule has 0 saturated heterocycles. The molecule has 14 heavy (non-hydrogen) atoms. The molecule has 4 nitrogen and oxygen atoms in total. The van der Waals surface area contributed by atoms with E-state index in [0.29, 0.717) is 24.0 Å². The molecule has 1 aromatic rings. The number of hydrogen-bond acceptors (Lipinski definition) is 2. The summed E-state index contributed by atoms with van der Waals surface area (Å²) in [6, 6.07) is 7.19. The van der Waals surface area contributed by atoms with Crippen LogP contribution >= 0.6 is 0 Å². The zero-order valence-corrected chi connectivity index (χ0v) is 8.34. The maximum atomic E-state index is 8.32. The minimum atomic E-state index is 0.453. The summed E-state index contributed by atoms with van der Waals surface area (Å²) >= 11 is 0. The Morgan fingerprint density at radius 1 is 1.43 bits per heavy atom. The topological polar surface area (TPSA) is 58.0 Å². The summed E-state index contributed by atoms with van der Waals surface area (Å²) in [6.07, 6.45) is 0. The van der Waals surface area contributed by atoms with E-state index in [1.165, 1.54) is 0 Å². The fourth-order valence-electron chi connectivity index (χ4n) is 0.966. The lowest BCUT2D eigenvalue weighted by atomic mass is 10.2. The van der Waals surface area contributed by atoms with E-state index in [9.17, 15) is 0 Å². The zero-order chi connectivity index (χ0) is 10.4. The summed E-state index contributed by atoms with van der Waals surface area (Å²) in [5.74, 6) is 1.09. The predicted molar refractivity (Wildman–Crippen MR) is 55.6 cm³/mol. The summed E-state index contributed by atoms with van der Waals surface area (Å²) in [6.45, 7) is 4.75. The molecule has 0 saturated carbocycles. The highest BCUT2D eigenvalue weighted by molar-refractivity contribution is 5.51. The van der Waals surface area contributed by atoms with Gasteiger partial charge in [-0.25, -0.2) is 0 Å². The van der Waals surface area contributed by atoms with Crippen LogP contribution in [0.5, 0.6) is 5.75 Å². The Morgan fingerprint density at radius 2 is 2.14 bits per heavy atom. The SMILES string of the molecule is CC(C)COc1ccccc1N=[N+]=[N-]. The molecule has 0 aliphatic heterocycles. The van der Waals surface area contributed by atoms with E-state index < -0.39 is 0 Å². The van der Waals surface area contributed by atoms with Crippen LogP contribution in [-0.2, 0) is 0 Å². The highest BCUT2D eigenvalue weighted by atomic mass is 16.5. The van der Waals surface area contributed by atoms with Crippen molar-refractivity contribution in [3.05, 3.63) is 34.7 Å². The van der Waals surface area contributed by atoms with Gasteiger partial charge in [-0.15, -0.1) is 0 Å². The Labute approximate surface area is 83.1 Å². The maximum absolute atomic E-state index is 8.32. The first-order valence-corrected chi connectivity index (χ1v) is 4.51. The summed E-state index contributed by atoms with van der Waals surface area (Å²) < 4.78 is 5.49. The minimum Gasteiger partial charge on any atom is -0.493 e. The van der Waals surface area contributed by atoms with Crippen molar-refractivity contribution in [2.24, 2.45) is 11.0 Å². The Kier molecular flexibility index (Phi) is 3.83. The fraction of sp³-hybridized carbons (Fsp3) is 0.400. The standard InChI is InChI=1S/C10H13N3O/c1-8(2)7-14-10-6-4-3-5-9(10)12-13-11/h3-6,8H,7H2,1-2H3. The molecular formula is C10H13N3O. The third-order valence-corrected chi connectivity index (χ3v) is 1.59. The minimum absolute atomic E-state index is 0.453. The van der Waals surface area contributed by atoms with Crippen LogP contribution in [0, 0.1) is 5.92 Å². The monoisotopic (exact) mass is 191 g/mol. The van der Waals surface area contributed by atoms with Gasteiger partial charge < -0.3 is 4.74 Å². The Hall–Kier alpha value is -1.67. The molecule has 0 spiro atoms. The van der Waals surface area contributed by atoms with E-state index in [4.69, 9.17) is 10.3 Å². The number of para-hydroxylation sites is 1. The Bertz CT molecular complexity index is 343. The first-order valence-electron chi connectivity index (χ1n) is 4.51. The summed E-state index contributed by atoms with van der Waals surface area (Å²) in [5, 5.41) is 3.54. The van der Waals surface area contributed by atoms with Gasteiger partial charge in [0.2, 0.25) is 0 Å². The molecule has 0 aliphatic carbocycles. The second-order valence-corrected chi connectivity index (χ2v) is 3.36. The van der Waals surface area contributed by atoms with Gasteiger partial charge in [-0.3, -0.25) is 0 Å². The predicted octanol–water partition coefficient (Wildman–Crippen LogP) is 3.66. The van der Waals surface area contributed by atoms with E-state index in [1.807, 2.05) is 12.1 Å². The number of ether oxygens (including phenoxy) is 1. The average molecular weight is 191 g/mol. The number of nitrogens with zero attached hydrogens (tertiary/aromatic N) is 3. The van der Waals surface area contributed by atoms with E-state index >= 15 is 0 Å². The number of rotatable bonds is 4. The van der Waals surface area contributed by atoms with Crippen molar-refractivity contribution in [1.29, 1.82) is 0 Å². The van der Waals surface area contributed by atoms with Gasteiger partial charge in [-0.05, 0) is 23.6 Å². The van der Waals surface area contributed by atoms with E-state index in [2.05, 4.69) is 23.9 Å². The van der Waals surface area contributed by atoms with Crippen LogP contribution in [0.1, 0.15) is 13.8 Å². The van der Waals surface area contributed by atoms with Gasteiger partial charge >= 0.3 is 0 Å². The zero-order valence-electron chi connectivity index (χ0n) is 8.34. The molecule has 74 valence electrons. The van der Waals surface area contributed by atoms with Gasteiger partial charge in [0.05, 0.1) is 12.3 Å². The molecule has 1 aromatic carbocycles. The van der Waals surface area contributed by atoms with Gasteiger partial charge in [-0.1, -0.05) is 31.1 Å². The van der Waals surface area contributed by atoms with Crippen molar-refractivity contribution in [3.8, 4) is 5.75 Å². The molecule has 0 atom stereocenters. The first kappa shape index (κ1) is 10.4. The van der Waals surface area contributed by atoms with Crippen LogP contribution in [0.3, 0.4) is 0 Å². The van der Waals surface area contributed by atoms with Crippen LogP contribution < -0.4 is 4.74 Å². The largest absolute Gasteiger partial charge is 0.493 e. The number of benzene rings is 1. The van der Waals surface area contributed by atoms with Crippen LogP contribution in [0.4, 0.5) is 5.69 Å². The van der Waals surface area contributed by atoms with Crippen LogP contribution in [0.25, 0.3) is 10.4 Å². The molecule has 0 aliphatic rings. The average Bonchev–Trinajstić information content (AvgIpc) is 2.17. The van der Waals surface area contributed by atoms with Crippen molar-refractivity contribution in [2.45, 2.75) is 13.8 Å². The third-order valence-electron chi connectivity index (χ3n) is 1.59. The van der Waals surface area contributed by atoms with E-state index in [1.54, 1.807) is 12.1 Å². The first-order chi connectivity index (χ1) is 6.74. The highest BCUT2D eigenvalue weighted by Crippen LogP contribution is 2.27.